The van der Waals surface area contributed by atoms with E-state index in [0.29, 0.717) is 12.8 Å². The third-order valence-electron chi connectivity index (χ3n) is 5.56. The van der Waals surface area contributed by atoms with Crippen LogP contribution in [-0.2, 0) is 10.1 Å². The van der Waals surface area contributed by atoms with Crippen molar-refractivity contribution in [2.75, 3.05) is 0 Å². The van der Waals surface area contributed by atoms with Gasteiger partial charge in [0.15, 0.2) is 4.93 Å². The van der Waals surface area contributed by atoms with Gasteiger partial charge in [0.2, 0.25) is 0 Å². The Morgan fingerprint density at radius 1 is 0.607 bits per heavy atom. The fraction of sp³-hybridized carbons (Fsp3) is 1.00. The summed E-state index contributed by atoms with van der Waals surface area (Å²) in [6.07, 6.45) is 19.4. The Hall–Kier alpha value is 1.51. The van der Waals surface area contributed by atoms with Crippen molar-refractivity contribution in [2.45, 2.75) is 141 Å². The second-order valence-corrected chi connectivity index (χ2v) is 9.87. The first-order chi connectivity index (χ1) is 12.9. The van der Waals surface area contributed by atoms with Gasteiger partial charge in [-0.15, -0.1) is 0 Å². The zero-order valence-electron chi connectivity index (χ0n) is 19.0. The summed E-state index contributed by atoms with van der Waals surface area (Å²) >= 11 is 0. The maximum absolute atomic E-state index is 11.5. The Morgan fingerprint density at radius 2 is 0.857 bits per heavy atom. The molecule has 164 valence electrons. The smallest absolute Gasteiger partial charge is 0.746 e. The minimum absolute atomic E-state index is 0. The Bertz CT molecular complexity index is 428. The van der Waals surface area contributed by atoms with Crippen molar-refractivity contribution in [3.63, 3.8) is 0 Å². The fourth-order valence-corrected chi connectivity index (χ4v) is 4.41. The molecule has 0 aromatic carbocycles. The molecule has 1 N–H and O–H groups in total. The molecule has 0 aliphatic carbocycles. The Balaban J connectivity index is 0. The summed E-state index contributed by atoms with van der Waals surface area (Å²) in [5, 5.41) is 10.3. The Labute approximate surface area is 218 Å². The monoisotopic (exact) mass is 444 g/mol. The summed E-state index contributed by atoms with van der Waals surface area (Å²) in [5.74, 6) is 0. The molecule has 0 radical (unpaired) electrons. The van der Waals surface area contributed by atoms with E-state index in [1.54, 1.807) is 0 Å². The third kappa shape index (κ3) is 17.2. The molecule has 4 nitrogen and oxygen atoms in total. The molecule has 6 heteroatoms. The van der Waals surface area contributed by atoms with Gasteiger partial charge in [-0.05, 0) is 25.7 Å². The first-order valence-electron chi connectivity index (χ1n) is 11.5. The molecule has 1 atom stereocenters. The minimum Gasteiger partial charge on any atom is -0.746 e. The third-order valence-corrected chi connectivity index (χ3v) is 6.90. The first-order valence-corrected chi connectivity index (χ1v) is 13.0. The standard InChI is InChI=1S/C22H46O4S.K/c1-3-5-7-9-10-11-12-13-14-15-16-17-19-21-22(23,27(24,25)26)20-18-8-6-4-2;/h23H,3-21H2,1-2H3,(H,24,25,26);/q;+1/p-1. The van der Waals surface area contributed by atoms with Crippen LogP contribution in [0, 0.1) is 0 Å². The van der Waals surface area contributed by atoms with Crippen LogP contribution in [0.2, 0.25) is 0 Å². The zero-order valence-corrected chi connectivity index (χ0v) is 23.0. The van der Waals surface area contributed by atoms with E-state index in [9.17, 15) is 18.1 Å². The van der Waals surface area contributed by atoms with Crippen molar-refractivity contribution in [1.29, 1.82) is 0 Å². The molecule has 0 aromatic rings. The normalized spacial score (nSPS) is 13.9. The van der Waals surface area contributed by atoms with Crippen LogP contribution in [0.1, 0.15) is 136 Å². The van der Waals surface area contributed by atoms with Crippen molar-refractivity contribution in [3.8, 4) is 0 Å². The van der Waals surface area contributed by atoms with E-state index in [0.717, 1.165) is 38.5 Å². The van der Waals surface area contributed by atoms with Gasteiger partial charge in [0.1, 0.15) is 10.1 Å². The van der Waals surface area contributed by atoms with Crippen LogP contribution in [-0.4, -0.2) is 23.0 Å². The number of unbranched alkanes of at least 4 members (excludes halogenated alkanes) is 15. The van der Waals surface area contributed by atoms with E-state index >= 15 is 0 Å². The number of hydrogen-bond acceptors (Lipinski definition) is 4. The summed E-state index contributed by atoms with van der Waals surface area (Å²) in [6.45, 7) is 4.32. The quantitative estimate of drug-likeness (QED) is 0.176. The van der Waals surface area contributed by atoms with E-state index in [2.05, 4.69) is 13.8 Å². The van der Waals surface area contributed by atoms with Gasteiger partial charge in [0, 0.05) is 0 Å². The molecule has 1 unspecified atom stereocenters. The van der Waals surface area contributed by atoms with Gasteiger partial charge >= 0.3 is 51.4 Å². The number of aliphatic hydroxyl groups is 1. The zero-order chi connectivity index (χ0) is 20.4. The molecule has 0 spiro atoms. The van der Waals surface area contributed by atoms with Crippen molar-refractivity contribution in [3.05, 3.63) is 0 Å². The molecule has 28 heavy (non-hydrogen) atoms. The van der Waals surface area contributed by atoms with Gasteiger partial charge < -0.3 is 9.66 Å². The van der Waals surface area contributed by atoms with Crippen molar-refractivity contribution >= 4 is 10.1 Å². The van der Waals surface area contributed by atoms with Gasteiger partial charge in [-0.1, -0.05) is 110 Å². The van der Waals surface area contributed by atoms with Crippen LogP contribution in [0.5, 0.6) is 0 Å². The first kappa shape index (κ1) is 31.7. The second kappa shape index (κ2) is 20.4. The van der Waals surface area contributed by atoms with Gasteiger partial charge in [-0.25, -0.2) is 8.42 Å². The van der Waals surface area contributed by atoms with Crippen LogP contribution < -0.4 is 51.4 Å². The largest absolute Gasteiger partial charge is 1.00 e. The maximum atomic E-state index is 11.5. The van der Waals surface area contributed by atoms with Gasteiger partial charge in [-0.2, -0.15) is 0 Å². The molecule has 0 aliphatic heterocycles. The molecular weight excluding hydrogens is 399 g/mol. The summed E-state index contributed by atoms with van der Waals surface area (Å²) in [5.41, 5.74) is 0. The Morgan fingerprint density at radius 3 is 1.14 bits per heavy atom. The summed E-state index contributed by atoms with van der Waals surface area (Å²) in [6, 6.07) is 0. The molecule has 0 saturated carbocycles. The topological polar surface area (TPSA) is 77.4 Å². The van der Waals surface area contributed by atoms with Crippen LogP contribution in [0.15, 0.2) is 0 Å². The molecule has 0 heterocycles. The predicted octanol–water partition coefficient (Wildman–Crippen LogP) is 3.68. The number of hydrogen-bond donors (Lipinski definition) is 1. The van der Waals surface area contributed by atoms with Gasteiger partial charge in [-0.3, -0.25) is 0 Å². The number of rotatable bonds is 20. The molecule has 0 saturated heterocycles. The molecule has 0 amide bonds. The van der Waals surface area contributed by atoms with Crippen LogP contribution in [0.25, 0.3) is 0 Å². The SMILES string of the molecule is CCCCCCCCCCCCCCCC(O)(CCCCCC)S(=O)(=O)[O-].[K+]. The van der Waals surface area contributed by atoms with Crippen molar-refractivity contribution in [2.24, 2.45) is 0 Å². The molecular formula is C22H45KO4S. The molecule has 0 rings (SSSR count). The van der Waals surface area contributed by atoms with E-state index in [4.69, 9.17) is 0 Å². The van der Waals surface area contributed by atoms with Crippen LogP contribution in [0.4, 0.5) is 0 Å². The Kier molecular flexibility index (Phi) is 23.1. The van der Waals surface area contributed by atoms with Crippen molar-refractivity contribution < 1.29 is 69.5 Å². The van der Waals surface area contributed by atoms with E-state index in [1.165, 1.54) is 57.8 Å². The van der Waals surface area contributed by atoms with Gasteiger partial charge in [0.25, 0.3) is 0 Å². The fourth-order valence-electron chi connectivity index (χ4n) is 3.62. The van der Waals surface area contributed by atoms with Gasteiger partial charge in [0.05, 0.1) is 0 Å². The second-order valence-electron chi connectivity index (χ2n) is 8.20. The average molecular weight is 445 g/mol. The molecule has 0 aliphatic rings. The summed E-state index contributed by atoms with van der Waals surface area (Å²) in [7, 11) is -4.66. The molecule has 0 fully saturated rings. The minimum atomic E-state index is -4.66. The predicted molar refractivity (Wildman–Crippen MR) is 114 cm³/mol. The maximum Gasteiger partial charge on any atom is 1.00 e. The van der Waals surface area contributed by atoms with Crippen LogP contribution >= 0.6 is 0 Å². The van der Waals surface area contributed by atoms with E-state index < -0.39 is 15.1 Å². The van der Waals surface area contributed by atoms with E-state index in [1.807, 2.05) is 0 Å². The van der Waals surface area contributed by atoms with E-state index in [-0.39, 0.29) is 64.2 Å². The van der Waals surface area contributed by atoms with Crippen LogP contribution in [0.3, 0.4) is 0 Å². The average Bonchev–Trinajstić information content (AvgIpc) is 2.62. The van der Waals surface area contributed by atoms with Crippen molar-refractivity contribution in [1.82, 2.24) is 0 Å². The molecule has 0 bridgehead atoms. The molecule has 0 aromatic heterocycles. The summed E-state index contributed by atoms with van der Waals surface area (Å²) < 4.78 is 34.4. The summed E-state index contributed by atoms with van der Waals surface area (Å²) in [4.78, 5) is -2.06.